The molecule has 0 fully saturated rings. The lowest BCUT2D eigenvalue weighted by molar-refractivity contribution is 0.702. The van der Waals surface area contributed by atoms with Gasteiger partial charge in [-0.15, -0.1) is 11.3 Å². The summed E-state index contributed by atoms with van der Waals surface area (Å²) >= 11 is 1.89. The maximum absolute atomic E-state index is 5.16. The number of hydrogen-bond acceptors (Lipinski definition) is 3. The van der Waals surface area contributed by atoms with E-state index in [4.69, 9.17) is 9.97 Å². The molecule has 0 N–H and O–H groups in total. The van der Waals surface area contributed by atoms with Gasteiger partial charge in [-0.25, -0.2) is 9.97 Å². The fourth-order valence-corrected chi connectivity index (χ4v) is 7.28. The molecular weight excluding hydrogens is 504 g/mol. The molecule has 1 aliphatic carbocycles. The number of rotatable bonds is 3. The Hall–Kier alpha value is -4.60. The van der Waals surface area contributed by atoms with Gasteiger partial charge in [0, 0.05) is 37.0 Å². The van der Waals surface area contributed by atoms with E-state index in [-0.39, 0.29) is 5.92 Å². The molecule has 1 atom stereocenters. The summed E-state index contributed by atoms with van der Waals surface area (Å²) < 4.78 is 2.70. The Labute approximate surface area is 237 Å². The third-order valence-corrected chi connectivity index (χ3v) is 9.31. The quantitative estimate of drug-likeness (QED) is 0.227. The highest BCUT2D eigenvalue weighted by molar-refractivity contribution is 7.26. The molecule has 40 heavy (non-hydrogen) atoms. The molecule has 8 rings (SSSR count). The predicted octanol–water partition coefficient (Wildman–Crippen LogP) is 10.1. The molecule has 3 heteroatoms. The second-order valence-corrected chi connectivity index (χ2v) is 11.6. The first-order valence-electron chi connectivity index (χ1n) is 13.9. The van der Waals surface area contributed by atoms with Crippen molar-refractivity contribution in [1.29, 1.82) is 0 Å². The molecule has 0 aliphatic heterocycles. The van der Waals surface area contributed by atoms with Crippen LogP contribution in [-0.4, -0.2) is 9.97 Å². The predicted molar refractivity (Wildman–Crippen MR) is 170 cm³/mol. The van der Waals surface area contributed by atoms with Crippen LogP contribution >= 0.6 is 11.3 Å². The molecule has 5 aromatic carbocycles. The maximum Gasteiger partial charge on any atom is 0.136 e. The van der Waals surface area contributed by atoms with Gasteiger partial charge in [0.1, 0.15) is 5.82 Å². The number of para-hydroxylation sites is 1. The van der Waals surface area contributed by atoms with Crippen molar-refractivity contribution in [2.24, 2.45) is 0 Å². The van der Waals surface area contributed by atoms with Crippen LogP contribution < -0.4 is 0 Å². The molecule has 7 aromatic rings. The number of hydrogen-bond donors (Lipinski definition) is 0. The summed E-state index contributed by atoms with van der Waals surface area (Å²) in [5.74, 6) is 1.06. The van der Waals surface area contributed by atoms with E-state index in [2.05, 4.69) is 127 Å². The van der Waals surface area contributed by atoms with Gasteiger partial charge in [0.05, 0.1) is 11.2 Å². The molecule has 0 spiro atoms. The molecule has 0 saturated heterocycles. The molecule has 2 heterocycles. The summed E-state index contributed by atoms with van der Waals surface area (Å²) in [6.45, 7) is 0. The average molecular weight is 531 g/mol. The Morgan fingerprint density at radius 1 is 0.650 bits per heavy atom. The lowest BCUT2D eigenvalue weighted by Gasteiger charge is -2.14. The zero-order chi connectivity index (χ0) is 26.5. The number of allylic oxidation sites excluding steroid dienone is 1. The normalized spacial score (nSPS) is 14.9. The lowest BCUT2D eigenvalue weighted by Crippen LogP contribution is -2.05. The summed E-state index contributed by atoms with van der Waals surface area (Å²) in [5.41, 5.74) is 8.39. The number of aromatic nitrogens is 2. The van der Waals surface area contributed by atoms with E-state index in [0.717, 1.165) is 40.8 Å². The van der Waals surface area contributed by atoms with E-state index in [1.54, 1.807) is 0 Å². The van der Waals surface area contributed by atoms with Crippen LogP contribution in [0.15, 0.2) is 121 Å². The lowest BCUT2D eigenvalue weighted by atomic mass is 9.96. The maximum atomic E-state index is 5.16. The van der Waals surface area contributed by atoms with Gasteiger partial charge >= 0.3 is 0 Å². The Morgan fingerprint density at radius 2 is 1.45 bits per heavy atom. The first kappa shape index (κ1) is 23.3. The second kappa shape index (κ2) is 9.55. The second-order valence-electron chi connectivity index (χ2n) is 10.5. The molecular formula is C37H26N2S. The highest BCUT2D eigenvalue weighted by Gasteiger charge is 2.20. The molecule has 190 valence electrons. The van der Waals surface area contributed by atoms with E-state index in [1.165, 1.54) is 42.4 Å². The number of nitrogens with zero attached hydrogens (tertiary/aromatic N) is 2. The van der Waals surface area contributed by atoms with Crippen molar-refractivity contribution < 1.29 is 0 Å². The molecule has 0 amide bonds. The molecule has 2 nitrogen and oxygen atoms in total. The van der Waals surface area contributed by atoms with Crippen molar-refractivity contribution in [3.05, 3.63) is 138 Å². The van der Waals surface area contributed by atoms with Crippen molar-refractivity contribution in [3.63, 3.8) is 0 Å². The Morgan fingerprint density at radius 3 is 2.38 bits per heavy atom. The molecule has 0 saturated carbocycles. The van der Waals surface area contributed by atoms with Crippen LogP contribution in [0.2, 0.25) is 0 Å². The Bertz CT molecular complexity index is 2070. The van der Waals surface area contributed by atoms with Crippen molar-refractivity contribution >= 4 is 48.5 Å². The van der Waals surface area contributed by atoms with Crippen LogP contribution in [-0.2, 0) is 6.42 Å². The summed E-state index contributed by atoms with van der Waals surface area (Å²) in [5, 5.41) is 3.77. The summed E-state index contributed by atoms with van der Waals surface area (Å²) in [7, 11) is 0. The van der Waals surface area contributed by atoms with Crippen LogP contribution in [0.3, 0.4) is 0 Å². The molecule has 0 bridgehead atoms. The van der Waals surface area contributed by atoms with Crippen molar-refractivity contribution in [2.75, 3.05) is 0 Å². The number of thiophene rings is 1. The van der Waals surface area contributed by atoms with Crippen LogP contribution in [0.25, 0.3) is 59.5 Å². The minimum Gasteiger partial charge on any atom is -0.232 e. The molecule has 0 radical (unpaired) electrons. The minimum absolute atomic E-state index is 0.161. The first-order chi connectivity index (χ1) is 19.8. The van der Waals surface area contributed by atoms with Crippen molar-refractivity contribution in [3.8, 4) is 22.4 Å². The highest BCUT2D eigenvalue weighted by Crippen LogP contribution is 2.41. The highest BCUT2D eigenvalue weighted by atomic mass is 32.1. The van der Waals surface area contributed by atoms with Gasteiger partial charge < -0.3 is 0 Å². The summed E-state index contributed by atoms with van der Waals surface area (Å²) in [6, 6.07) is 41.2. The molecule has 1 aliphatic rings. The van der Waals surface area contributed by atoms with E-state index >= 15 is 0 Å². The zero-order valence-corrected chi connectivity index (χ0v) is 22.7. The van der Waals surface area contributed by atoms with Gasteiger partial charge in [-0.05, 0) is 53.3 Å². The average Bonchev–Trinajstić information content (AvgIpc) is 3.27. The van der Waals surface area contributed by atoms with Gasteiger partial charge in [0.2, 0.25) is 0 Å². The van der Waals surface area contributed by atoms with E-state index in [0.29, 0.717) is 0 Å². The Balaban J connectivity index is 1.19. The van der Waals surface area contributed by atoms with E-state index < -0.39 is 0 Å². The van der Waals surface area contributed by atoms with Gasteiger partial charge in [0.25, 0.3) is 0 Å². The van der Waals surface area contributed by atoms with Gasteiger partial charge in [-0.3, -0.25) is 0 Å². The first-order valence-corrected chi connectivity index (χ1v) is 14.7. The zero-order valence-electron chi connectivity index (χ0n) is 21.9. The van der Waals surface area contributed by atoms with E-state index in [1.807, 2.05) is 11.3 Å². The third kappa shape index (κ3) is 3.93. The largest absolute Gasteiger partial charge is 0.232 e. The van der Waals surface area contributed by atoms with Crippen LogP contribution in [0.5, 0.6) is 0 Å². The SMILES string of the molecule is C1=CC(c2nc(-c3ccccc3)c3ccccc3n2)CCc2ccc(-c3cccc4c3sc3ccccc34)cc21. The molecule has 1 unspecified atom stereocenters. The smallest absolute Gasteiger partial charge is 0.136 e. The van der Waals surface area contributed by atoms with Gasteiger partial charge in [-0.1, -0.05) is 109 Å². The number of fused-ring (bicyclic) bond motifs is 5. The third-order valence-electron chi connectivity index (χ3n) is 8.09. The van der Waals surface area contributed by atoms with Crippen LogP contribution in [0, 0.1) is 0 Å². The number of benzene rings is 5. The standard InChI is InChI=1S/C37H26N2S/c1-2-9-25(10-3-1)35-32-12-4-6-15-33(32)38-37(39-35)26-19-17-24-18-22-28(23-27(24)21-20-26)29-13-8-14-31-30-11-5-7-16-34(30)40-36(29)31/h1-16,18,20-23,26H,17,19H2. The minimum atomic E-state index is 0.161. The monoisotopic (exact) mass is 530 g/mol. The Kier molecular flexibility index (Phi) is 5.56. The topological polar surface area (TPSA) is 25.8 Å². The summed E-state index contributed by atoms with van der Waals surface area (Å²) in [4.78, 5) is 10.2. The van der Waals surface area contributed by atoms with E-state index in [9.17, 15) is 0 Å². The number of aryl methyl sites for hydroxylation is 1. The van der Waals surface area contributed by atoms with Crippen LogP contribution in [0.1, 0.15) is 29.3 Å². The van der Waals surface area contributed by atoms with Crippen LogP contribution in [0.4, 0.5) is 0 Å². The van der Waals surface area contributed by atoms with Gasteiger partial charge in [0.15, 0.2) is 0 Å². The summed E-state index contributed by atoms with van der Waals surface area (Å²) in [6.07, 6.45) is 6.59. The fourth-order valence-electron chi connectivity index (χ4n) is 6.04. The fraction of sp³-hybridized carbons (Fsp3) is 0.0811. The molecule has 2 aromatic heterocycles. The van der Waals surface area contributed by atoms with Crippen molar-refractivity contribution in [1.82, 2.24) is 9.97 Å². The van der Waals surface area contributed by atoms with Crippen molar-refractivity contribution in [2.45, 2.75) is 18.8 Å². The van der Waals surface area contributed by atoms with Gasteiger partial charge in [-0.2, -0.15) is 0 Å².